The molecule has 20 heavy (non-hydrogen) atoms. The molecule has 108 valence electrons. The number of nitrogens with zero attached hydrogens (tertiary/aromatic N) is 1. The maximum atomic E-state index is 12.5. The minimum atomic E-state index is -0.136. The van der Waals surface area contributed by atoms with E-state index in [1.165, 1.54) is 6.92 Å². The van der Waals surface area contributed by atoms with Gasteiger partial charge in [0.2, 0.25) is 5.91 Å². The summed E-state index contributed by atoms with van der Waals surface area (Å²) >= 11 is 0. The zero-order valence-corrected chi connectivity index (χ0v) is 12.0. The molecule has 2 amide bonds. The molecule has 2 rings (SSSR count). The molecule has 1 saturated heterocycles. The highest BCUT2D eigenvalue weighted by atomic mass is 16.2. The van der Waals surface area contributed by atoms with Gasteiger partial charge >= 0.3 is 0 Å². The van der Waals surface area contributed by atoms with E-state index >= 15 is 0 Å². The molecule has 0 spiro atoms. The van der Waals surface area contributed by atoms with Crippen molar-refractivity contribution in [3.05, 3.63) is 29.8 Å². The molecule has 1 aromatic carbocycles. The van der Waals surface area contributed by atoms with Crippen LogP contribution in [-0.4, -0.2) is 42.9 Å². The Bertz CT molecular complexity index is 502. The topological polar surface area (TPSA) is 61.4 Å². The average molecular weight is 275 g/mol. The molecule has 0 bridgehead atoms. The second-order valence-corrected chi connectivity index (χ2v) is 5.14. The van der Waals surface area contributed by atoms with Gasteiger partial charge in [-0.25, -0.2) is 0 Å². The number of carbonyl (C=O) groups is 2. The summed E-state index contributed by atoms with van der Waals surface area (Å²) < 4.78 is 0. The Hall–Kier alpha value is -1.88. The fourth-order valence-electron chi connectivity index (χ4n) is 2.51. The summed E-state index contributed by atoms with van der Waals surface area (Å²) in [5.74, 6) is -0.111. The molecular formula is C15H21N3O2. The molecule has 0 radical (unpaired) electrons. The molecule has 0 saturated carbocycles. The van der Waals surface area contributed by atoms with Crippen molar-refractivity contribution >= 4 is 17.5 Å². The van der Waals surface area contributed by atoms with E-state index in [-0.39, 0.29) is 11.8 Å². The summed E-state index contributed by atoms with van der Waals surface area (Å²) in [7, 11) is 1.93. The van der Waals surface area contributed by atoms with E-state index in [2.05, 4.69) is 10.6 Å². The lowest BCUT2D eigenvalue weighted by molar-refractivity contribution is -0.114. The van der Waals surface area contributed by atoms with Gasteiger partial charge in [-0.05, 0) is 38.1 Å². The zero-order valence-electron chi connectivity index (χ0n) is 12.0. The van der Waals surface area contributed by atoms with Crippen molar-refractivity contribution in [1.82, 2.24) is 10.2 Å². The monoisotopic (exact) mass is 275 g/mol. The normalized spacial score (nSPS) is 18.7. The third-order valence-electron chi connectivity index (χ3n) is 3.55. The van der Waals surface area contributed by atoms with Crippen LogP contribution in [-0.2, 0) is 4.79 Å². The van der Waals surface area contributed by atoms with Crippen LogP contribution in [0.5, 0.6) is 0 Å². The molecule has 5 nitrogen and oxygen atoms in total. The highest BCUT2D eigenvalue weighted by Crippen LogP contribution is 2.16. The van der Waals surface area contributed by atoms with Crippen LogP contribution in [0, 0.1) is 0 Å². The van der Waals surface area contributed by atoms with Crippen LogP contribution < -0.4 is 10.6 Å². The average Bonchev–Trinajstić information content (AvgIpc) is 2.46. The summed E-state index contributed by atoms with van der Waals surface area (Å²) in [6, 6.07) is 7.46. The van der Waals surface area contributed by atoms with Crippen LogP contribution >= 0.6 is 0 Å². The minimum Gasteiger partial charge on any atom is -0.337 e. The number of piperidine rings is 1. The Morgan fingerprint density at radius 3 is 2.85 bits per heavy atom. The predicted molar refractivity (Wildman–Crippen MR) is 78.7 cm³/mol. The molecule has 1 atom stereocenters. The van der Waals surface area contributed by atoms with Crippen molar-refractivity contribution in [2.24, 2.45) is 0 Å². The molecule has 1 unspecified atom stereocenters. The van der Waals surface area contributed by atoms with Gasteiger partial charge in [0.15, 0.2) is 0 Å². The number of rotatable bonds is 3. The SMILES string of the molecule is CNC1CCCN(C(=O)c2cccc(NC(C)=O)c2)C1. The smallest absolute Gasteiger partial charge is 0.253 e. The van der Waals surface area contributed by atoms with Crippen LogP contribution in [0.1, 0.15) is 30.1 Å². The number of anilines is 1. The van der Waals surface area contributed by atoms with Gasteiger partial charge < -0.3 is 15.5 Å². The molecular weight excluding hydrogens is 254 g/mol. The first kappa shape index (κ1) is 14.5. The Morgan fingerprint density at radius 2 is 2.15 bits per heavy atom. The van der Waals surface area contributed by atoms with E-state index < -0.39 is 0 Å². The number of hydrogen-bond acceptors (Lipinski definition) is 3. The molecule has 0 aromatic heterocycles. The second kappa shape index (κ2) is 6.52. The molecule has 1 aliphatic rings. The van der Waals surface area contributed by atoms with Gasteiger partial charge in [0.25, 0.3) is 5.91 Å². The summed E-state index contributed by atoms with van der Waals surface area (Å²) in [6.45, 7) is 2.98. The lowest BCUT2D eigenvalue weighted by atomic mass is 10.0. The van der Waals surface area contributed by atoms with Gasteiger partial charge in [-0.3, -0.25) is 9.59 Å². The number of carbonyl (C=O) groups excluding carboxylic acids is 2. The summed E-state index contributed by atoms with van der Waals surface area (Å²) in [5.41, 5.74) is 1.28. The maximum absolute atomic E-state index is 12.5. The van der Waals surface area contributed by atoms with Crippen molar-refractivity contribution < 1.29 is 9.59 Å². The first-order valence-corrected chi connectivity index (χ1v) is 6.94. The van der Waals surface area contributed by atoms with Crippen LogP contribution in [0.4, 0.5) is 5.69 Å². The highest BCUT2D eigenvalue weighted by Gasteiger charge is 2.23. The fourth-order valence-corrected chi connectivity index (χ4v) is 2.51. The van der Waals surface area contributed by atoms with Crippen molar-refractivity contribution in [2.75, 3.05) is 25.5 Å². The molecule has 1 aromatic rings. The fraction of sp³-hybridized carbons (Fsp3) is 0.467. The van der Waals surface area contributed by atoms with E-state index in [1.54, 1.807) is 24.3 Å². The van der Waals surface area contributed by atoms with Gasteiger partial charge in [0, 0.05) is 37.3 Å². The van der Waals surface area contributed by atoms with Crippen LogP contribution in [0.2, 0.25) is 0 Å². The number of likely N-dealkylation sites (tertiary alicyclic amines) is 1. The van der Waals surface area contributed by atoms with Crippen molar-refractivity contribution in [3.63, 3.8) is 0 Å². The highest BCUT2D eigenvalue weighted by molar-refractivity contribution is 5.96. The Balaban J connectivity index is 2.10. The Morgan fingerprint density at radius 1 is 1.35 bits per heavy atom. The molecule has 1 aliphatic heterocycles. The third kappa shape index (κ3) is 3.57. The van der Waals surface area contributed by atoms with Crippen LogP contribution in [0.3, 0.4) is 0 Å². The van der Waals surface area contributed by atoms with E-state index in [4.69, 9.17) is 0 Å². The quantitative estimate of drug-likeness (QED) is 0.878. The maximum Gasteiger partial charge on any atom is 0.253 e. The van der Waals surface area contributed by atoms with Crippen molar-refractivity contribution in [3.8, 4) is 0 Å². The van der Waals surface area contributed by atoms with E-state index in [9.17, 15) is 9.59 Å². The standard InChI is InChI=1S/C15H21N3O2/c1-11(19)17-13-6-3-5-12(9-13)15(20)18-8-4-7-14(10-18)16-2/h3,5-6,9,14,16H,4,7-8,10H2,1-2H3,(H,17,19). The van der Waals surface area contributed by atoms with Crippen molar-refractivity contribution in [2.45, 2.75) is 25.8 Å². The largest absolute Gasteiger partial charge is 0.337 e. The zero-order chi connectivity index (χ0) is 14.5. The number of likely N-dealkylation sites (N-methyl/N-ethyl adjacent to an activating group) is 1. The Kier molecular flexibility index (Phi) is 4.74. The molecule has 0 aliphatic carbocycles. The lowest BCUT2D eigenvalue weighted by Crippen LogP contribution is -2.46. The minimum absolute atomic E-state index is 0.0251. The summed E-state index contributed by atoms with van der Waals surface area (Å²) in [6.07, 6.45) is 2.12. The molecule has 2 N–H and O–H groups in total. The number of nitrogens with one attached hydrogen (secondary N) is 2. The molecule has 1 heterocycles. The first-order valence-electron chi connectivity index (χ1n) is 6.94. The molecule has 1 fully saturated rings. The van der Waals surface area contributed by atoms with Gasteiger partial charge in [-0.2, -0.15) is 0 Å². The number of amides is 2. The van der Waals surface area contributed by atoms with Gasteiger partial charge in [-0.1, -0.05) is 6.07 Å². The van der Waals surface area contributed by atoms with Crippen molar-refractivity contribution in [1.29, 1.82) is 0 Å². The third-order valence-corrected chi connectivity index (χ3v) is 3.55. The lowest BCUT2D eigenvalue weighted by Gasteiger charge is -2.32. The van der Waals surface area contributed by atoms with Gasteiger partial charge in [0.1, 0.15) is 0 Å². The van der Waals surface area contributed by atoms with Crippen LogP contribution in [0.25, 0.3) is 0 Å². The number of benzene rings is 1. The van der Waals surface area contributed by atoms with Gasteiger partial charge in [0.05, 0.1) is 0 Å². The number of hydrogen-bond donors (Lipinski definition) is 2. The van der Waals surface area contributed by atoms with E-state index in [0.29, 0.717) is 17.3 Å². The first-order chi connectivity index (χ1) is 9.60. The van der Waals surface area contributed by atoms with Crippen LogP contribution in [0.15, 0.2) is 24.3 Å². The van der Waals surface area contributed by atoms with E-state index in [1.807, 2.05) is 11.9 Å². The second-order valence-electron chi connectivity index (χ2n) is 5.14. The summed E-state index contributed by atoms with van der Waals surface area (Å²) in [5, 5.41) is 5.93. The predicted octanol–water partition coefficient (Wildman–Crippen LogP) is 1.47. The Labute approximate surface area is 119 Å². The van der Waals surface area contributed by atoms with E-state index in [0.717, 1.165) is 25.9 Å². The summed E-state index contributed by atoms with van der Waals surface area (Å²) in [4.78, 5) is 25.4. The molecule has 5 heteroatoms. The van der Waals surface area contributed by atoms with Gasteiger partial charge in [-0.15, -0.1) is 0 Å².